The fourth-order valence-electron chi connectivity index (χ4n) is 3.82. The van der Waals surface area contributed by atoms with Gasteiger partial charge in [-0.2, -0.15) is 0 Å². The number of nitrogens with zero attached hydrogens (tertiary/aromatic N) is 3. The zero-order valence-electron chi connectivity index (χ0n) is 18.5. The van der Waals surface area contributed by atoms with E-state index >= 15 is 0 Å². The van der Waals surface area contributed by atoms with Crippen LogP contribution in [0.1, 0.15) is 19.3 Å². The predicted octanol–water partition coefficient (Wildman–Crippen LogP) is 3.29. The molecule has 0 bridgehead atoms. The highest BCUT2D eigenvalue weighted by molar-refractivity contribution is 7.99. The van der Waals surface area contributed by atoms with Crippen LogP contribution in [0.2, 0.25) is 0 Å². The maximum absolute atomic E-state index is 13.0. The Morgan fingerprint density at radius 2 is 1.82 bits per heavy atom. The molecule has 1 aromatic heterocycles. The summed E-state index contributed by atoms with van der Waals surface area (Å²) in [7, 11) is 1.31. The van der Waals surface area contributed by atoms with Crippen LogP contribution in [0.4, 0.5) is 11.4 Å². The number of aromatic nitrogens is 2. The number of rotatable bonds is 8. The number of esters is 1. The first-order chi connectivity index (χ1) is 16.0. The summed E-state index contributed by atoms with van der Waals surface area (Å²) in [6, 6.07) is 14.9. The van der Waals surface area contributed by atoms with Crippen molar-refractivity contribution < 1.29 is 14.3 Å². The van der Waals surface area contributed by atoms with Crippen molar-refractivity contribution >= 4 is 45.9 Å². The molecular formula is C24H26N4O4S. The molecule has 2 heterocycles. The summed E-state index contributed by atoms with van der Waals surface area (Å²) in [6.45, 7) is 2.27. The molecule has 8 nitrogen and oxygen atoms in total. The number of amides is 1. The molecule has 9 heteroatoms. The van der Waals surface area contributed by atoms with Crippen molar-refractivity contribution in [1.29, 1.82) is 0 Å². The van der Waals surface area contributed by atoms with E-state index in [4.69, 9.17) is 4.74 Å². The van der Waals surface area contributed by atoms with Crippen molar-refractivity contribution in [3.05, 3.63) is 58.9 Å². The molecule has 0 spiro atoms. The Morgan fingerprint density at radius 1 is 1.09 bits per heavy atom. The maximum atomic E-state index is 13.0. The van der Waals surface area contributed by atoms with Gasteiger partial charge in [-0.3, -0.25) is 19.0 Å². The zero-order valence-corrected chi connectivity index (χ0v) is 19.3. The van der Waals surface area contributed by atoms with Gasteiger partial charge in [0.1, 0.15) is 0 Å². The molecule has 2 aromatic carbocycles. The lowest BCUT2D eigenvalue weighted by atomic mass is 10.2. The Morgan fingerprint density at radius 3 is 2.55 bits per heavy atom. The lowest BCUT2D eigenvalue weighted by Crippen LogP contribution is -2.25. The van der Waals surface area contributed by atoms with Crippen molar-refractivity contribution in [2.24, 2.45) is 0 Å². The Kier molecular flexibility index (Phi) is 7.29. The van der Waals surface area contributed by atoms with Crippen molar-refractivity contribution in [3.8, 4) is 0 Å². The van der Waals surface area contributed by atoms with Gasteiger partial charge in [0.25, 0.3) is 5.56 Å². The molecule has 0 aliphatic carbocycles. The van der Waals surface area contributed by atoms with E-state index in [1.807, 2.05) is 24.3 Å². The van der Waals surface area contributed by atoms with Gasteiger partial charge in [-0.05, 0) is 49.2 Å². The van der Waals surface area contributed by atoms with Crippen LogP contribution in [0.5, 0.6) is 0 Å². The first kappa shape index (κ1) is 22.8. The van der Waals surface area contributed by atoms with E-state index in [1.165, 1.54) is 36.3 Å². The summed E-state index contributed by atoms with van der Waals surface area (Å²) >= 11 is 1.17. The van der Waals surface area contributed by atoms with E-state index in [0.29, 0.717) is 16.1 Å². The minimum absolute atomic E-state index is 0.0412. The van der Waals surface area contributed by atoms with Gasteiger partial charge in [0.15, 0.2) is 5.16 Å². The van der Waals surface area contributed by atoms with Gasteiger partial charge in [-0.25, -0.2) is 4.98 Å². The van der Waals surface area contributed by atoms with Crippen molar-refractivity contribution in [3.63, 3.8) is 0 Å². The van der Waals surface area contributed by atoms with Crippen molar-refractivity contribution in [2.75, 3.05) is 36.2 Å². The third-order valence-corrected chi connectivity index (χ3v) is 6.52. The second-order valence-corrected chi connectivity index (χ2v) is 8.71. The highest BCUT2D eigenvalue weighted by atomic mass is 32.2. The second-order valence-electron chi connectivity index (χ2n) is 7.77. The standard InChI is InChI=1S/C24H26N4O4S/c1-32-22(30)12-15-28-23(31)19-6-2-3-7-20(19)26-24(28)33-16-21(29)25-17-8-10-18(11-9-17)27-13-4-5-14-27/h2-3,6-11H,4-5,12-16H2,1H3,(H,25,29). The van der Waals surface area contributed by atoms with Crippen molar-refractivity contribution in [2.45, 2.75) is 31.0 Å². The number of nitrogens with one attached hydrogen (secondary N) is 1. The maximum Gasteiger partial charge on any atom is 0.307 e. The Hall–Kier alpha value is -3.33. The number of anilines is 2. The average Bonchev–Trinajstić information content (AvgIpc) is 3.37. The summed E-state index contributed by atoms with van der Waals surface area (Å²) in [4.78, 5) is 44.1. The first-order valence-corrected chi connectivity index (χ1v) is 11.9. The lowest BCUT2D eigenvalue weighted by Gasteiger charge is -2.17. The summed E-state index contributed by atoms with van der Waals surface area (Å²) in [6.07, 6.45) is 2.46. The molecule has 4 rings (SSSR count). The second kappa shape index (κ2) is 10.5. The molecule has 1 fully saturated rings. The van der Waals surface area contributed by atoms with E-state index in [2.05, 4.69) is 15.2 Å². The van der Waals surface area contributed by atoms with Crippen LogP contribution >= 0.6 is 11.8 Å². The molecule has 1 amide bonds. The molecule has 0 radical (unpaired) electrons. The molecule has 1 N–H and O–H groups in total. The van der Waals surface area contributed by atoms with Gasteiger partial charge >= 0.3 is 5.97 Å². The molecule has 1 saturated heterocycles. The fraction of sp³-hybridized carbons (Fsp3) is 0.333. The zero-order chi connectivity index (χ0) is 23.2. The molecule has 3 aromatic rings. The van der Waals surface area contributed by atoms with Crippen LogP contribution < -0.4 is 15.8 Å². The number of carbonyl (C=O) groups is 2. The Labute approximate surface area is 195 Å². The van der Waals surface area contributed by atoms with Crippen LogP contribution in [0.25, 0.3) is 10.9 Å². The SMILES string of the molecule is COC(=O)CCn1c(SCC(=O)Nc2ccc(N3CCCC3)cc2)nc2ccccc2c1=O. The van der Waals surface area contributed by atoms with Crippen LogP contribution in [-0.4, -0.2) is 47.4 Å². The monoisotopic (exact) mass is 466 g/mol. The summed E-state index contributed by atoms with van der Waals surface area (Å²) < 4.78 is 6.13. The van der Waals surface area contributed by atoms with Gasteiger partial charge in [0.05, 0.1) is 30.2 Å². The largest absolute Gasteiger partial charge is 0.469 e. The Balaban J connectivity index is 1.45. The van der Waals surface area contributed by atoms with Crippen LogP contribution in [-0.2, 0) is 20.9 Å². The number of para-hydroxylation sites is 1. The van der Waals surface area contributed by atoms with Gasteiger partial charge in [0.2, 0.25) is 5.91 Å². The topological polar surface area (TPSA) is 93.5 Å². The van der Waals surface area contributed by atoms with Gasteiger partial charge in [-0.15, -0.1) is 0 Å². The highest BCUT2D eigenvalue weighted by Gasteiger charge is 2.15. The van der Waals surface area contributed by atoms with E-state index in [0.717, 1.165) is 24.5 Å². The molecule has 0 unspecified atom stereocenters. The summed E-state index contributed by atoms with van der Waals surface area (Å²) in [5.74, 6) is -0.534. The van der Waals surface area contributed by atoms with E-state index < -0.39 is 5.97 Å². The number of benzene rings is 2. The summed E-state index contributed by atoms with van der Waals surface area (Å²) in [5.41, 5.74) is 2.19. The first-order valence-electron chi connectivity index (χ1n) is 10.9. The van der Waals surface area contributed by atoms with E-state index in [-0.39, 0.29) is 30.2 Å². The van der Waals surface area contributed by atoms with E-state index in [9.17, 15) is 14.4 Å². The molecule has 172 valence electrons. The molecule has 0 atom stereocenters. The Bertz CT molecular complexity index is 1200. The minimum atomic E-state index is -0.416. The third-order valence-electron chi connectivity index (χ3n) is 5.55. The van der Waals surface area contributed by atoms with Gasteiger partial charge in [0, 0.05) is 31.0 Å². The number of methoxy groups -OCH3 is 1. The van der Waals surface area contributed by atoms with Gasteiger partial charge in [-0.1, -0.05) is 23.9 Å². The predicted molar refractivity (Wildman–Crippen MR) is 130 cm³/mol. The minimum Gasteiger partial charge on any atom is -0.469 e. The highest BCUT2D eigenvalue weighted by Crippen LogP contribution is 2.23. The number of hydrogen-bond donors (Lipinski definition) is 1. The van der Waals surface area contributed by atoms with Crippen molar-refractivity contribution in [1.82, 2.24) is 9.55 Å². The fourth-order valence-corrected chi connectivity index (χ4v) is 4.64. The molecule has 0 saturated carbocycles. The number of fused-ring (bicyclic) bond motifs is 1. The lowest BCUT2D eigenvalue weighted by molar-refractivity contribution is -0.140. The van der Waals surface area contributed by atoms with Crippen LogP contribution in [0, 0.1) is 0 Å². The number of carbonyl (C=O) groups excluding carboxylic acids is 2. The van der Waals surface area contributed by atoms with Crippen LogP contribution in [0.3, 0.4) is 0 Å². The molecule has 33 heavy (non-hydrogen) atoms. The molecule has 1 aliphatic heterocycles. The normalized spacial score (nSPS) is 13.3. The third kappa shape index (κ3) is 5.54. The molecular weight excluding hydrogens is 440 g/mol. The van der Waals surface area contributed by atoms with Gasteiger partial charge < -0.3 is 15.0 Å². The quantitative estimate of drug-likeness (QED) is 0.309. The number of ether oxygens (including phenoxy) is 1. The smallest absolute Gasteiger partial charge is 0.307 e. The van der Waals surface area contributed by atoms with Crippen LogP contribution in [0.15, 0.2) is 58.5 Å². The average molecular weight is 467 g/mol. The molecule has 1 aliphatic rings. The number of hydrogen-bond acceptors (Lipinski definition) is 7. The summed E-state index contributed by atoms with van der Waals surface area (Å²) in [5, 5.41) is 3.75. The van der Waals surface area contributed by atoms with E-state index in [1.54, 1.807) is 24.3 Å². The number of thioether (sulfide) groups is 1.